The van der Waals surface area contributed by atoms with Crippen LogP contribution in [0.2, 0.25) is 0 Å². The Balaban J connectivity index is 0.000000168. The molecule has 0 fully saturated rings. The summed E-state index contributed by atoms with van der Waals surface area (Å²) in [6, 6.07) is 43.4. The number of nitrogens with zero attached hydrogens (tertiary/aromatic N) is 5. The molecule has 0 unspecified atom stereocenters. The second-order valence-corrected chi connectivity index (χ2v) is 15.8. The Morgan fingerprint density at radius 2 is 0.892 bits per heavy atom. The number of hydrogen-bond donors (Lipinski definition) is 2. The lowest BCUT2D eigenvalue weighted by Crippen LogP contribution is -2.24. The van der Waals surface area contributed by atoms with Gasteiger partial charge in [0.2, 0.25) is 33.4 Å². The number of carboxylic acid groups (broad SMARTS) is 1. The molecule has 0 saturated heterocycles. The van der Waals surface area contributed by atoms with Crippen LogP contribution in [-0.2, 0) is 28.4 Å². The maximum Gasteiger partial charge on any atom is 0.362 e. The monoisotopic (exact) mass is 1020 g/mol. The number of aromatic carboxylic acids is 1. The number of hydrogen-bond acceptors (Lipinski definition) is 14. The van der Waals surface area contributed by atoms with Crippen LogP contribution in [-0.4, -0.2) is 87.3 Å². The third-order valence-corrected chi connectivity index (χ3v) is 11.1. The first kappa shape index (κ1) is 54.2. The molecule has 0 aliphatic rings. The number of halogens is 1. The van der Waals surface area contributed by atoms with Gasteiger partial charge in [0, 0.05) is 22.0 Å². The number of alkyl halides is 1. The fourth-order valence-corrected chi connectivity index (χ4v) is 7.30. The summed E-state index contributed by atoms with van der Waals surface area (Å²) >= 11 is 5.58. The molecule has 3 aromatic heterocycles. The summed E-state index contributed by atoms with van der Waals surface area (Å²) in [5.74, 6) is 0.185. The molecule has 3 heterocycles. The molecule has 0 radical (unpaired) electrons. The van der Waals surface area contributed by atoms with Crippen LogP contribution in [0.1, 0.15) is 62.0 Å². The van der Waals surface area contributed by atoms with Gasteiger partial charge in [0.05, 0.1) is 64.2 Å². The molecule has 0 amide bonds. The Kier molecular flexibility index (Phi) is 19.3. The molecular weight excluding hydrogens is 972 g/mol. The number of methoxy groups -OCH3 is 3. The van der Waals surface area contributed by atoms with Crippen molar-refractivity contribution in [2.24, 2.45) is 0 Å². The summed E-state index contributed by atoms with van der Waals surface area (Å²) in [6.07, 6.45) is 0. The topological polar surface area (TPSA) is 233 Å². The molecule has 19 heteroatoms. The highest BCUT2D eigenvalue weighted by atomic mass is 35.5. The highest BCUT2D eigenvalue weighted by Gasteiger charge is 2.20. The van der Waals surface area contributed by atoms with Crippen molar-refractivity contribution in [2.75, 3.05) is 34.5 Å². The van der Waals surface area contributed by atoms with Crippen LogP contribution in [0.4, 0.5) is 0 Å². The van der Waals surface area contributed by atoms with Crippen LogP contribution in [0.15, 0.2) is 160 Å². The zero-order valence-electron chi connectivity index (χ0n) is 40.9. The van der Waals surface area contributed by atoms with E-state index in [9.17, 15) is 33.9 Å². The number of esters is 2. The molecular formula is C55H51ClN6O12. The van der Waals surface area contributed by atoms with E-state index in [1.165, 1.54) is 4.68 Å². The van der Waals surface area contributed by atoms with Crippen LogP contribution < -0.4 is 30.5 Å². The molecule has 0 atom stereocenters. The minimum absolute atomic E-state index is 0.186. The minimum Gasteiger partial charge on any atom is -0.497 e. The zero-order valence-corrected chi connectivity index (χ0v) is 41.7. The fraction of sp³-hybridized carbons (Fsp3) is 0.182. The molecule has 0 bridgehead atoms. The SMILES string of the molecule is CCOC(=O)c1n[nH]c2ccccc2c1=O.CCOC(=O)c1nn(Cc2ccc(OC)cc2)c2ccccc2c1=O.COc1ccc(CCl)cc1.COc1ccc(Cn2nc(C(=O)O)c(=O)c3ccccc32)cc1. The Bertz CT molecular complexity index is 3540. The molecule has 0 aliphatic carbocycles. The van der Waals surface area contributed by atoms with Crippen molar-refractivity contribution in [3.63, 3.8) is 0 Å². The summed E-state index contributed by atoms with van der Waals surface area (Å²) < 4.78 is 28.1. The van der Waals surface area contributed by atoms with Crippen LogP contribution in [0.3, 0.4) is 0 Å². The Morgan fingerprint density at radius 3 is 1.32 bits per heavy atom. The summed E-state index contributed by atoms with van der Waals surface area (Å²) in [5.41, 5.74) is 2.58. The van der Waals surface area contributed by atoms with Crippen molar-refractivity contribution in [2.45, 2.75) is 32.8 Å². The number of carbonyl (C=O) groups excluding carboxylic acids is 2. The molecule has 2 N–H and O–H groups in total. The number of nitrogens with one attached hydrogen (secondary N) is 1. The Hall–Kier alpha value is -9.16. The smallest absolute Gasteiger partial charge is 0.362 e. The van der Waals surface area contributed by atoms with Gasteiger partial charge in [-0.15, -0.1) is 11.6 Å². The normalized spacial score (nSPS) is 10.4. The lowest BCUT2D eigenvalue weighted by atomic mass is 10.1. The molecule has 0 spiro atoms. The average molecular weight is 1020 g/mol. The van der Waals surface area contributed by atoms with Gasteiger partial charge < -0.3 is 28.8 Å². The lowest BCUT2D eigenvalue weighted by molar-refractivity contribution is 0.0506. The molecule has 9 rings (SSSR count). The van der Waals surface area contributed by atoms with Gasteiger partial charge in [0.15, 0.2) is 0 Å². The first-order valence-corrected chi connectivity index (χ1v) is 23.4. The van der Waals surface area contributed by atoms with E-state index in [1.54, 1.807) is 101 Å². The summed E-state index contributed by atoms with van der Waals surface area (Å²) in [6.45, 7) is 4.53. The van der Waals surface area contributed by atoms with Crippen molar-refractivity contribution in [1.82, 2.24) is 29.8 Å². The lowest BCUT2D eigenvalue weighted by Gasteiger charge is -2.12. The van der Waals surface area contributed by atoms with Gasteiger partial charge in [0.1, 0.15) is 17.2 Å². The molecule has 74 heavy (non-hydrogen) atoms. The number of carbonyl (C=O) groups is 3. The number of aromatic amines is 1. The first-order valence-electron chi connectivity index (χ1n) is 22.8. The number of carboxylic acids is 1. The number of H-pyrrole nitrogens is 1. The third-order valence-electron chi connectivity index (χ3n) is 10.8. The van der Waals surface area contributed by atoms with Crippen LogP contribution >= 0.6 is 11.6 Å². The van der Waals surface area contributed by atoms with Crippen molar-refractivity contribution in [3.05, 3.63) is 210 Å². The molecule has 9 aromatic rings. The van der Waals surface area contributed by atoms with Crippen molar-refractivity contribution in [1.29, 1.82) is 0 Å². The average Bonchev–Trinajstić information content (AvgIpc) is 3.43. The van der Waals surface area contributed by atoms with Gasteiger partial charge in [-0.1, -0.05) is 72.8 Å². The molecule has 6 aromatic carbocycles. The number of fused-ring (bicyclic) bond motifs is 3. The van der Waals surface area contributed by atoms with Crippen LogP contribution in [0.25, 0.3) is 32.7 Å². The molecule has 18 nitrogen and oxygen atoms in total. The molecule has 0 saturated carbocycles. The van der Waals surface area contributed by atoms with Gasteiger partial charge in [0.25, 0.3) is 0 Å². The second kappa shape index (κ2) is 26.3. The summed E-state index contributed by atoms with van der Waals surface area (Å²) in [7, 11) is 4.85. The number of ether oxygens (including phenoxy) is 5. The van der Waals surface area contributed by atoms with Crippen molar-refractivity contribution >= 4 is 62.2 Å². The van der Waals surface area contributed by atoms with Crippen molar-refractivity contribution in [3.8, 4) is 17.2 Å². The van der Waals surface area contributed by atoms with E-state index in [1.807, 2.05) is 84.9 Å². The fourth-order valence-electron chi connectivity index (χ4n) is 7.12. The van der Waals surface area contributed by atoms with Gasteiger partial charge in [-0.25, -0.2) is 14.4 Å². The van der Waals surface area contributed by atoms with Gasteiger partial charge in [-0.05, 0) is 103 Å². The van der Waals surface area contributed by atoms with Gasteiger partial charge in [-0.3, -0.25) is 28.8 Å². The van der Waals surface area contributed by atoms with E-state index >= 15 is 0 Å². The maximum atomic E-state index is 12.5. The standard InChI is InChI=1S/C19H18N2O4.C17H14N2O4.C11H10N2O3.C8H9ClO/c1-3-25-19(23)17-18(22)15-6-4-5-7-16(15)21(20-17)12-13-8-10-14(24-2)11-9-13;1-23-12-8-6-11(7-9-12)10-19-14-5-3-2-4-13(14)16(20)15(18-19)17(21)22;1-2-16-11(15)9-10(14)7-5-3-4-6-8(7)12-13-9;1-10-8-4-2-7(6-9)3-5-8/h4-11H,3,12H2,1-2H3;2-9H,10H2,1H3,(H,21,22);3-6H,2H2,1H3,(H,12,14);2-5H,6H2,1H3. The second-order valence-electron chi connectivity index (χ2n) is 15.6. The highest BCUT2D eigenvalue weighted by Crippen LogP contribution is 2.18. The number of rotatable bonds is 13. The third kappa shape index (κ3) is 13.6. The summed E-state index contributed by atoms with van der Waals surface area (Å²) in [5, 5.41) is 25.0. The van der Waals surface area contributed by atoms with Crippen molar-refractivity contribution < 1.29 is 43.2 Å². The first-order chi connectivity index (χ1) is 35.8. The van der Waals surface area contributed by atoms with Gasteiger partial charge >= 0.3 is 17.9 Å². The van der Waals surface area contributed by atoms with Gasteiger partial charge in [-0.2, -0.15) is 15.3 Å². The Labute approximate surface area is 428 Å². The van der Waals surface area contributed by atoms with E-state index in [0.717, 1.165) is 33.9 Å². The van der Waals surface area contributed by atoms with E-state index in [2.05, 4.69) is 20.4 Å². The van der Waals surface area contributed by atoms with E-state index in [-0.39, 0.29) is 24.6 Å². The van der Waals surface area contributed by atoms with Crippen LogP contribution in [0.5, 0.6) is 17.2 Å². The molecule has 0 aliphatic heterocycles. The van der Waals surface area contributed by atoms with E-state index in [0.29, 0.717) is 51.7 Å². The number of benzene rings is 6. The maximum absolute atomic E-state index is 12.5. The van der Waals surface area contributed by atoms with Crippen LogP contribution in [0, 0.1) is 0 Å². The number of aromatic nitrogens is 6. The Morgan fingerprint density at radius 1 is 0.514 bits per heavy atom. The van der Waals surface area contributed by atoms with E-state index < -0.39 is 39.9 Å². The predicted octanol–water partition coefficient (Wildman–Crippen LogP) is 8.32. The van der Waals surface area contributed by atoms with E-state index in [4.69, 9.17) is 35.3 Å². The highest BCUT2D eigenvalue weighted by molar-refractivity contribution is 6.17. The largest absolute Gasteiger partial charge is 0.497 e. The minimum atomic E-state index is -1.33. The molecule has 380 valence electrons. The quantitative estimate of drug-likeness (QED) is 0.0816. The number of para-hydroxylation sites is 3. The predicted molar refractivity (Wildman–Crippen MR) is 280 cm³/mol. The summed E-state index contributed by atoms with van der Waals surface area (Å²) in [4.78, 5) is 71.3. The zero-order chi connectivity index (χ0) is 53.1.